The van der Waals surface area contributed by atoms with Crippen LogP contribution in [0.15, 0.2) is 94.1 Å². The van der Waals surface area contributed by atoms with Crippen LogP contribution >= 0.6 is 0 Å². The van der Waals surface area contributed by atoms with Crippen LogP contribution in [0.4, 0.5) is 0 Å². The third kappa shape index (κ3) is 3.91. The van der Waals surface area contributed by atoms with Crippen LogP contribution in [0.5, 0.6) is 11.5 Å². The maximum atomic E-state index is 6.48. The van der Waals surface area contributed by atoms with Crippen LogP contribution in [-0.2, 0) is 0 Å². The van der Waals surface area contributed by atoms with Crippen molar-refractivity contribution < 1.29 is 9.47 Å². The van der Waals surface area contributed by atoms with Crippen molar-refractivity contribution in [1.29, 1.82) is 0 Å². The van der Waals surface area contributed by atoms with Crippen LogP contribution in [0.1, 0.15) is 66.5 Å². The summed E-state index contributed by atoms with van der Waals surface area (Å²) in [5.41, 5.74) is 15.6. The molecule has 2 nitrogen and oxygen atoms in total. The van der Waals surface area contributed by atoms with Crippen molar-refractivity contribution in [2.24, 2.45) is 11.8 Å². The molecular weight excluding hydrogens is 512 g/mol. The van der Waals surface area contributed by atoms with Gasteiger partial charge in [-0.15, -0.1) is 0 Å². The van der Waals surface area contributed by atoms with Crippen molar-refractivity contribution >= 4 is 32.7 Å². The Kier molecular flexibility index (Phi) is 6.92. The highest BCUT2D eigenvalue weighted by Crippen LogP contribution is 2.55. The highest BCUT2D eigenvalue weighted by molar-refractivity contribution is 6.13. The van der Waals surface area contributed by atoms with E-state index in [2.05, 4.69) is 116 Å². The standard InChI is InChI=1S/C40H42O2/c1-21-22(2)26(6)35(25(21)5)33-19-29-15-11-13-17-31(29)37(39(33)41-9)38-32-18-14-12-16-30(32)20-34(40(38)42-10)36-27(7)23(3)24(4)28(36)8/h11-20,25,27H,1-10H3. The summed E-state index contributed by atoms with van der Waals surface area (Å²) in [6, 6.07) is 22.1. The molecule has 0 N–H and O–H groups in total. The number of methoxy groups -OCH3 is 2. The molecule has 4 aromatic carbocycles. The predicted molar refractivity (Wildman–Crippen MR) is 180 cm³/mol. The first-order valence-electron chi connectivity index (χ1n) is 15.1. The van der Waals surface area contributed by atoms with Crippen molar-refractivity contribution in [2.45, 2.75) is 55.4 Å². The molecule has 0 fully saturated rings. The van der Waals surface area contributed by atoms with Crippen molar-refractivity contribution in [1.82, 2.24) is 0 Å². The van der Waals surface area contributed by atoms with Gasteiger partial charge in [0.05, 0.1) is 14.2 Å². The lowest BCUT2D eigenvalue weighted by Gasteiger charge is -2.25. The molecule has 4 aromatic rings. The van der Waals surface area contributed by atoms with E-state index in [0.717, 1.165) is 22.6 Å². The van der Waals surface area contributed by atoms with Gasteiger partial charge in [0.1, 0.15) is 11.5 Å². The summed E-state index contributed by atoms with van der Waals surface area (Å²) in [4.78, 5) is 0. The molecule has 0 bridgehead atoms. The lowest BCUT2D eigenvalue weighted by Crippen LogP contribution is -2.05. The molecule has 2 heteroatoms. The monoisotopic (exact) mass is 554 g/mol. The van der Waals surface area contributed by atoms with Gasteiger partial charge in [0.25, 0.3) is 0 Å². The molecule has 0 spiro atoms. The van der Waals surface area contributed by atoms with Crippen LogP contribution in [0.3, 0.4) is 0 Å². The smallest absolute Gasteiger partial charge is 0.135 e. The van der Waals surface area contributed by atoms with E-state index >= 15 is 0 Å². The molecule has 2 atom stereocenters. The molecular formula is C40H42O2. The summed E-state index contributed by atoms with van der Waals surface area (Å²) < 4.78 is 13.0. The van der Waals surface area contributed by atoms with E-state index in [1.54, 1.807) is 0 Å². The molecule has 2 aliphatic rings. The lowest BCUT2D eigenvalue weighted by atomic mass is 9.82. The van der Waals surface area contributed by atoms with Gasteiger partial charge in [0.15, 0.2) is 0 Å². The SMILES string of the molecule is COc1c(C2=C(C)C(C)=C(C)C2C)cc2ccccc2c1-c1c(OC)c(C2=C(C)C(C)=C(C)C2C)cc2ccccc12. The topological polar surface area (TPSA) is 18.5 Å². The minimum atomic E-state index is 0.321. The number of fused-ring (bicyclic) bond motifs is 2. The summed E-state index contributed by atoms with van der Waals surface area (Å²) in [5.74, 6) is 2.46. The van der Waals surface area contributed by atoms with Gasteiger partial charge in [-0.05, 0) is 109 Å². The van der Waals surface area contributed by atoms with Crippen LogP contribution in [0.2, 0.25) is 0 Å². The van der Waals surface area contributed by atoms with Crippen molar-refractivity contribution in [3.63, 3.8) is 0 Å². The van der Waals surface area contributed by atoms with E-state index in [0.29, 0.717) is 11.8 Å². The molecule has 2 aliphatic carbocycles. The number of ether oxygens (including phenoxy) is 2. The minimum absolute atomic E-state index is 0.321. The quantitative estimate of drug-likeness (QED) is 0.244. The van der Waals surface area contributed by atoms with Gasteiger partial charge in [-0.2, -0.15) is 0 Å². The second-order valence-corrected chi connectivity index (χ2v) is 12.2. The van der Waals surface area contributed by atoms with Gasteiger partial charge in [-0.25, -0.2) is 0 Å². The summed E-state index contributed by atoms with van der Waals surface area (Å²) in [5, 5.41) is 4.74. The normalized spacial score (nSPS) is 19.3. The maximum Gasteiger partial charge on any atom is 0.135 e. The summed E-state index contributed by atoms with van der Waals surface area (Å²) in [6.45, 7) is 18.2. The molecule has 2 unspecified atom stereocenters. The fourth-order valence-electron chi connectivity index (χ4n) is 7.58. The third-order valence-corrected chi connectivity index (χ3v) is 10.5. The Hall–Kier alpha value is -4.04. The Labute approximate surface area is 251 Å². The van der Waals surface area contributed by atoms with Crippen LogP contribution in [-0.4, -0.2) is 14.2 Å². The van der Waals surface area contributed by atoms with Gasteiger partial charge in [0.2, 0.25) is 0 Å². The summed E-state index contributed by atoms with van der Waals surface area (Å²) in [7, 11) is 3.64. The molecule has 0 aliphatic heterocycles. The van der Waals surface area contributed by atoms with E-state index < -0.39 is 0 Å². The average molecular weight is 555 g/mol. The van der Waals surface area contributed by atoms with Gasteiger partial charge in [0, 0.05) is 34.1 Å². The molecule has 0 saturated carbocycles. The molecule has 0 heterocycles. The molecule has 42 heavy (non-hydrogen) atoms. The second-order valence-electron chi connectivity index (χ2n) is 12.2. The molecule has 6 rings (SSSR count). The fraction of sp³-hybridized carbons (Fsp3) is 0.300. The van der Waals surface area contributed by atoms with Gasteiger partial charge in [-0.3, -0.25) is 0 Å². The summed E-state index contributed by atoms with van der Waals surface area (Å²) >= 11 is 0. The van der Waals surface area contributed by atoms with Crippen molar-refractivity contribution in [3.8, 4) is 22.6 Å². The molecule has 214 valence electrons. The number of hydrogen-bond donors (Lipinski definition) is 0. The third-order valence-electron chi connectivity index (χ3n) is 10.5. The minimum Gasteiger partial charge on any atom is -0.495 e. The Bertz CT molecular complexity index is 1780. The maximum absolute atomic E-state index is 6.48. The second kappa shape index (κ2) is 10.3. The van der Waals surface area contributed by atoms with E-state index in [4.69, 9.17) is 9.47 Å². The largest absolute Gasteiger partial charge is 0.495 e. The van der Waals surface area contributed by atoms with E-state index in [1.165, 1.54) is 77.3 Å². The van der Waals surface area contributed by atoms with E-state index in [9.17, 15) is 0 Å². The average Bonchev–Trinajstić information content (AvgIpc) is 3.31. The molecule has 0 radical (unpaired) electrons. The summed E-state index contributed by atoms with van der Waals surface area (Å²) in [6.07, 6.45) is 0. The first-order chi connectivity index (χ1) is 20.1. The Morgan fingerprint density at radius 3 is 1.17 bits per heavy atom. The lowest BCUT2D eigenvalue weighted by molar-refractivity contribution is 0.409. The predicted octanol–water partition coefficient (Wildman–Crippen LogP) is 11.2. The number of rotatable bonds is 5. The van der Waals surface area contributed by atoms with Gasteiger partial charge < -0.3 is 9.47 Å². The zero-order valence-electron chi connectivity index (χ0n) is 26.7. The first-order valence-corrected chi connectivity index (χ1v) is 15.1. The zero-order chi connectivity index (χ0) is 30.0. The Balaban J connectivity index is 1.80. The number of hydrogen-bond acceptors (Lipinski definition) is 2. The highest BCUT2D eigenvalue weighted by Gasteiger charge is 2.33. The zero-order valence-corrected chi connectivity index (χ0v) is 26.7. The molecule has 0 saturated heterocycles. The first kappa shape index (κ1) is 28.1. The van der Waals surface area contributed by atoms with Crippen LogP contribution in [0, 0.1) is 11.8 Å². The Morgan fingerprint density at radius 1 is 0.500 bits per heavy atom. The van der Waals surface area contributed by atoms with E-state index in [1.807, 2.05) is 14.2 Å². The molecule has 0 aromatic heterocycles. The van der Waals surface area contributed by atoms with E-state index in [-0.39, 0.29) is 0 Å². The van der Waals surface area contributed by atoms with Gasteiger partial charge in [-0.1, -0.05) is 73.5 Å². The number of allylic oxidation sites excluding steroid dienone is 8. The van der Waals surface area contributed by atoms with Crippen molar-refractivity contribution in [2.75, 3.05) is 14.2 Å². The Morgan fingerprint density at radius 2 is 0.857 bits per heavy atom. The van der Waals surface area contributed by atoms with Gasteiger partial charge >= 0.3 is 0 Å². The fourth-order valence-corrected chi connectivity index (χ4v) is 7.58. The highest BCUT2D eigenvalue weighted by atomic mass is 16.5. The molecule has 0 amide bonds. The van der Waals surface area contributed by atoms with Crippen LogP contribution in [0.25, 0.3) is 43.8 Å². The van der Waals surface area contributed by atoms with Crippen molar-refractivity contribution in [3.05, 3.63) is 105 Å². The number of benzene rings is 4. The van der Waals surface area contributed by atoms with Crippen LogP contribution < -0.4 is 9.47 Å².